The molecule has 0 aliphatic carbocycles. The lowest BCUT2D eigenvalue weighted by atomic mass is 9.98. The quantitative estimate of drug-likeness (QED) is 0.845. The van der Waals surface area contributed by atoms with Crippen LogP contribution in [0.15, 0.2) is 47.6 Å². The molecule has 0 radical (unpaired) electrons. The average Bonchev–Trinajstić information content (AvgIpc) is 3.03. The maximum atomic E-state index is 12.6. The van der Waals surface area contributed by atoms with E-state index in [2.05, 4.69) is 16.5 Å². The predicted molar refractivity (Wildman–Crippen MR) is 89.5 cm³/mol. The molecule has 3 rings (SSSR count). The van der Waals surface area contributed by atoms with E-state index < -0.39 is 10.0 Å². The third kappa shape index (κ3) is 3.48. The largest absolute Gasteiger partial charge is 0.335 e. The molecule has 1 aliphatic rings. The average molecular weight is 333 g/mol. The normalized spacial score (nSPS) is 17.4. The zero-order valence-electron chi connectivity index (χ0n) is 13.4. The highest BCUT2D eigenvalue weighted by molar-refractivity contribution is 7.89. The second kappa shape index (κ2) is 6.84. The van der Waals surface area contributed by atoms with Gasteiger partial charge in [-0.2, -0.15) is 4.31 Å². The summed E-state index contributed by atoms with van der Waals surface area (Å²) in [6, 6.07) is 8.71. The van der Waals surface area contributed by atoms with Gasteiger partial charge in [0.2, 0.25) is 10.0 Å². The van der Waals surface area contributed by atoms with Crippen molar-refractivity contribution >= 4 is 10.0 Å². The fraction of sp³-hybridized carbons (Fsp3) is 0.471. The molecule has 0 spiro atoms. The topological polar surface area (TPSA) is 55.2 Å². The Balaban J connectivity index is 1.62. The molecule has 0 unspecified atom stereocenters. The van der Waals surface area contributed by atoms with Crippen molar-refractivity contribution in [2.45, 2.75) is 37.6 Å². The summed E-state index contributed by atoms with van der Waals surface area (Å²) in [6.07, 6.45) is 6.58. The zero-order valence-corrected chi connectivity index (χ0v) is 14.2. The first-order valence-electron chi connectivity index (χ1n) is 8.16. The third-order valence-corrected chi connectivity index (χ3v) is 6.44. The molecule has 6 heteroatoms. The van der Waals surface area contributed by atoms with E-state index in [9.17, 15) is 8.42 Å². The Morgan fingerprint density at radius 2 is 1.87 bits per heavy atom. The van der Waals surface area contributed by atoms with Crippen molar-refractivity contribution in [3.8, 4) is 0 Å². The Morgan fingerprint density at radius 1 is 1.17 bits per heavy atom. The first kappa shape index (κ1) is 16.2. The summed E-state index contributed by atoms with van der Waals surface area (Å²) in [7, 11) is -3.35. The highest BCUT2D eigenvalue weighted by atomic mass is 32.2. The standard InChI is InChI=1S/C17H23N3O2S/c1-2-17-18-10-13-19(17)14-15-8-11-20(12-9-15)23(21,22)16-6-4-3-5-7-16/h3-7,10,13,15H,2,8-9,11-12,14H2,1H3. The molecular weight excluding hydrogens is 310 g/mol. The van der Waals surface area contributed by atoms with Crippen LogP contribution in [0.3, 0.4) is 0 Å². The number of sulfonamides is 1. The monoisotopic (exact) mass is 333 g/mol. The Labute approximate surface area is 138 Å². The molecule has 1 saturated heterocycles. The molecular formula is C17H23N3O2S. The minimum absolute atomic E-state index is 0.390. The maximum absolute atomic E-state index is 12.6. The molecule has 2 heterocycles. The molecule has 0 amide bonds. The summed E-state index contributed by atoms with van der Waals surface area (Å²) in [4.78, 5) is 4.74. The molecule has 23 heavy (non-hydrogen) atoms. The maximum Gasteiger partial charge on any atom is 0.243 e. The van der Waals surface area contributed by atoms with Gasteiger partial charge in [0.1, 0.15) is 5.82 Å². The van der Waals surface area contributed by atoms with Crippen molar-refractivity contribution in [2.75, 3.05) is 13.1 Å². The number of benzene rings is 1. The van der Waals surface area contributed by atoms with Crippen molar-refractivity contribution < 1.29 is 8.42 Å². The lowest BCUT2D eigenvalue weighted by molar-refractivity contribution is 0.251. The first-order valence-corrected chi connectivity index (χ1v) is 9.60. The fourth-order valence-corrected chi connectivity index (χ4v) is 4.66. The molecule has 0 N–H and O–H groups in total. The number of hydrogen-bond donors (Lipinski definition) is 0. The molecule has 2 aromatic rings. The summed E-state index contributed by atoms with van der Waals surface area (Å²) in [5.41, 5.74) is 0. The number of hydrogen-bond acceptors (Lipinski definition) is 3. The van der Waals surface area contributed by atoms with Gasteiger partial charge in [0.05, 0.1) is 4.90 Å². The van der Waals surface area contributed by atoms with Crippen LogP contribution in [0.4, 0.5) is 0 Å². The van der Waals surface area contributed by atoms with Crippen LogP contribution in [0.25, 0.3) is 0 Å². The third-order valence-electron chi connectivity index (χ3n) is 4.53. The molecule has 0 saturated carbocycles. The molecule has 0 bridgehead atoms. The van der Waals surface area contributed by atoms with Crippen molar-refractivity contribution in [3.63, 3.8) is 0 Å². The Kier molecular flexibility index (Phi) is 4.82. The zero-order chi connectivity index (χ0) is 16.3. The van der Waals surface area contributed by atoms with Gasteiger partial charge in [-0.1, -0.05) is 25.1 Å². The minimum Gasteiger partial charge on any atom is -0.335 e. The smallest absolute Gasteiger partial charge is 0.243 e. The lowest BCUT2D eigenvalue weighted by Crippen LogP contribution is -2.39. The van der Waals surface area contributed by atoms with E-state index in [0.29, 0.717) is 23.9 Å². The predicted octanol–water partition coefficient (Wildman–Crippen LogP) is 2.55. The number of imidazole rings is 1. The molecule has 0 atom stereocenters. The summed E-state index contributed by atoms with van der Waals surface area (Å²) in [6.45, 7) is 4.23. The highest BCUT2D eigenvalue weighted by Gasteiger charge is 2.29. The second-order valence-corrected chi connectivity index (χ2v) is 7.95. The van der Waals surface area contributed by atoms with Gasteiger partial charge < -0.3 is 4.57 Å². The molecule has 1 aliphatic heterocycles. The van der Waals surface area contributed by atoms with E-state index in [4.69, 9.17) is 0 Å². The molecule has 1 fully saturated rings. The second-order valence-electron chi connectivity index (χ2n) is 6.01. The van der Waals surface area contributed by atoms with Crippen LogP contribution in [-0.2, 0) is 23.0 Å². The van der Waals surface area contributed by atoms with Gasteiger partial charge in [-0.3, -0.25) is 0 Å². The fourth-order valence-electron chi connectivity index (χ4n) is 3.17. The van der Waals surface area contributed by atoms with Crippen molar-refractivity contribution in [2.24, 2.45) is 5.92 Å². The van der Waals surface area contributed by atoms with Crippen LogP contribution in [0.2, 0.25) is 0 Å². The van der Waals surface area contributed by atoms with Gasteiger partial charge in [0.15, 0.2) is 0 Å². The van der Waals surface area contributed by atoms with Gasteiger partial charge in [0, 0.05) is 38.4 Å². The summed E-state index contributed by atoms with van der Waals surface area (Å²) >= 11 is 0. The van der Waals surface area contributed by atoms with E-state index in [1.807, 2.05) is 18.5 Å². The van der Waals surface area contributed by atoms with Crippen molar-refractivity contribution in [1.82, 2.24) is 13.9 Å². The van der Waals surface area contributed by atoms with Crippen LogP contribution >= 0.6 is 0 Å². The van der Waals surface area contributed by atoms with Crippen LogP contribution in [0.5, 0.6) is 0 Å². The van der Waals surface area contributed by atoms with E-state index in [1.54, 1.807) is 28.6 Å². The molecule has 124 valence electrons. The van der Waals surface area contributed by atoms with Crippen molar-refractivity contribution in [1.29, 1.82) is 0 Å². The van der Waals surface area contributed by atoms with E-state index >= 15 is 0 Å². The van der Waals surface area contributed by atoms with Gasteiger partial charge in [0.25, 0.3) is 0 Å². The van der Waals surface area contributed by atoms with Crippen LogP contribution in [-0.4, -0.2) is 35.4 Å². The number of piperidine rings is 1. The number of rotatable bonds is 5. The van der Waals surface area contributed by atoms with E-state index in [0.717, 1.165) is 31.6 Å². The Bertz CT molecular complexity index is 732. The highest BCUT2D eigenvalue weighted by Crippen LogP contribution is 2.25. The SMILES string of the molecule is CCc1nccn1CC1CCN(S(=O)(=O)c2ccccc2)CC1. The van der Waals surface area contributed by atoms with Crippen LogP contribution in [0, 0.1) is 5.92 Å². The van der Waals surface area contributed by atoms with Crippen LogP contribution in [0.1, 0.15) is 25.6 Å². The summed E-state index contributed by atoms with van der Waals surface area (Å²) in [5, 5.41) is 0. The Morgan fingerprint density at radius 3 is 2.52 bits per heavy atom. The van der Waals surface area contributed by atoms with Gasteiger partial charge >= 0.3 is 0 Å². The van der Waals surface area contributed by atoms with E-state index in [-0.39, 0.29) is 0 Å². The van der Waals surface area contributed by atoms with Gasteiger partial charge in [-0.15, -0.1) is 0 Å². The lowest BCUT2D eigenvalue weighted by Gasteiger charge is -2.31. The summed E-state index contributed by atoms with van der Waals surface area (Å²) in [5.74, 6) is 1.61. The number of aromatic nitrogens is 2. The van der Waals surface area contributed by atoms with Crippen LogP contribution < -0.4 is 0 Å². The molecule has 1 aromatic carbocycles. The van der Waals surface area contributed by atoms with Gasteiger partial charge in [-0.25, -0.2) is 13.4 Å². The minimum atomic E-state index is -3.35. The van der Waals surface area contributed by atoms with Crippen molar-refractivity contribution in [3.05, 3.63) is 48.5 Å². The summed E-state index contributed by atoms with van der Waals surface area (Å²) < 4.78 is 29.1. The van der Waals surface area contributed by atoms with E-state index in [1.165, 1.54) is 0 Å². The number of aryl methyl sites for hydroxylation is 1. The molecule has 5 nitrogen and oxygen atoms in total. The first-order chi connectivity index (χ1) is 11.1. The Hall–Kier alpha value is -1.66. The number of nitrogens with zero attached hydrogens (tertiary/aromatic N) is 3. The molecule has 1 aromatic heterocycles. The van der Waals surface area contributed by atoms with Gasteiger partial charge in [-0.05, 0) is 30.9 Å².